The number of benzene rings is 2. The first-order valence-corrected chi connectivity index (χ1v) is 6.64. The summed E-state index contributed by atoms with van der Waals surface area (Å²) in [5.41, 5.74) is 0.506. The Kier molecular flexibility index (Phi) is 3.78. The molecule has 0 unspecified atom stereocenters. The van der Waals surface area contributed by atoms with Gasteiger partial charge in [0.2, 0.25) is 11.9 Å². The highest BCUT2D eigenvalue weighted by atomic mass is 16.2. The van der Waals surface area contributed by atoms with E-state index in [-0.39, 0.29) is 24.3 Å². The molecule has 0 atom stereocenters. The predicted octanol–water partition coefficient (Wildman–Crippen LogP) is 1.33. The van der Waals surface area contributed by atoms with Gasteiger partial charge in [0.25, 0.3) is 5.91 Å². The Balaban J connectivity index is 1.62. The van der Waals surface area contributed by atoms with Crippen molar-refractivity contribution >= 4 is 28.5 Å². The summed E-state index contributed by atoms with van der Waals surface area (Å²) in [6.07, 6.45) is 1.28. The lowest BCUT2D eigenvalue weighted by Crippen LogP contribution is -2.33. The van der Waals surface area contributed by atoms with E-state index >= 15 is 0 Å². The van der Waals surface area contributed by atoms with Crippen LogP contribution < -0.4 is 10.6 Å². The Morgan fingerprint density at radius 1 is 1.09 bits per heavy atom. The Bertz CT molecular complexity index is 814. The molecule has 0 saturated carbocycles. The summed E-state index contributed by atoms with van der Waals surface area (Å²) in [6.45, 7) is -0.146. The van der Waals surface area contributed by atoms with Gasteiger partial charge in [0, 0.05) is 5.56 Å². The molecule has 1 aromatic heterocycles. The average Bonchev–Trinajstić information content (AvgIpc) is 3.05. The van der Waals surface area contributed by atoms with Gasteiger partial charge in [-0.1, -0.05) is 30.3 Å². The Morgan fingerprint density at radius 2 is 1.91 bits per heavy atom. The summed E-state index contributed by atoms with van der Waals surface area (Å²) >= 11 is 0. The number of rotatable bonds is 4. The number of hydrogen-bond acceptors (Lipinski definition) is 4. The predicted molar refractivity (Wildman–Crippen MR) is 81.3 cm³/mol. The smallest absolute Gasteiger partial charge is 0.251 e. The zero-order valence-corrected chi connectivity index (χ0v) is 11.5. The maximum atomic E-state index is 12.1. The quantitative estimate of drug-likeness (QED) is 0.676. The summed E-state index contributed by atoms with van der Waals surface area (Å²) in [5.74, 6) is -0.450. The normalized spacial score (nSPS) is 10.4. The molecule has 3 rings (SSSR count). The van der Waals surface area contributed by atoms with Crippen LogP contribution in [0.3, 0.4) is 0 Å². The fourth-order valence-corrected chi connectivity index (χ4v) is 2.04. The topological polar surface area (TPSA) is 99.8 Å². The van der Waals surface area contributed by atoms with Crippen LogP contribution in [-0.2, 0) is 4.79 Å². The first-order valence-electron chi connectivity index (χ1n) is 6.64. The van der Waals surface area contributed by atoms with E-state index < -0.39 is 0 Å². The molecule has 2 aromatic carbocycles. The van der Waals surface area contributed by atoms with Crippen molar-refractivity contribution in [3.63, 3.8) is 0 Å². The van der Waals surface area contributed by atoms with Crippen LogP contribution in [0.25, 0.3) is 10.8 Å². The van der Waals surface area contributed by atoms with E-state index in [9.17, 15) is 9.59 Å². The maximum absolute atomic E-state index is 12.1. The van der Waals surface area contributed by atoms with Gasteiger partial charge in [-0.15, -0.1) is 0 Å². The van der Waals surface area contributed by atoms with Crippen LogP contribution in [0.1, 0.15) is 10.4 Å². The molecule has 3 aromatic rings. The lowest BCUT2D eigenvalue weighted by molar-refractivity contribution is -0.115. The van der Waals surface area contributed by atoms with Crippen molar-refractivity contribution in [2.24, 2.45) is 0 Å². The van der Waals surface area contributed by atoms with E-state index in [4.69, 9.17) is 0 Å². The van der Waals surface area contributed by atoms with Gasteiger partial charge in [-0.25, -0.2) is 5.10 Å². The molecule has 0 aliphatic rings. The highest BCUT2D eigenvalue weighted by Gasteiger charge is 2.09. The van der Waals surface area contributed by atoms with Crippen LogP contribution in [0.2, 0.25) is 0 Å². The van der Waals surface area contributed by atoms with Gasteiger partial charge in [0.1, 0.15) is 6.33 Å². The van der Waals surface area contributed by atoms with Crippen molar-refractivity contribution in [2.75, 3.05) is 11.9 Å². The molecule has 110 valence electrons. The number of aromatic amines is 1. The molecule has 0 aliphatic carbocycles. The maximum Gasteiger partial charge on any atom is 0.251 e. The summed E-state index contributed by atoms with van der Waals surface area (Å²) < 4.78 is 0. The summed E-state index contributed by atoms with van der Waals surface area (Å²) in [7, 11) is 0. The number of fused-ring (bicyclic) bond motifs is 1. The van der Waals surface area contributed by atoms with Crippen LogP contribution in [0.4, 0.5) is 5.95 Å². The minimum Gasteiger partial charge on any atom is -0.343 e. The van der Waals surface area contributed by atoms with Crippen molar-refractivity contribution in [1.82, 2.24) is 20.5 Å². The fourth-order valence-electron chi connectivity index (χ4n) is 2.04. The number of nitrogens with zero attached hydrogens (tertiary/aromatic N) is 2. The van der Waals surface area contributed by atoms with E-state index in [1.54, 1.807) is 12.1 Å². The Morgan fingerprint density at radius 3 is 2.68 bits per heavy atom. The van der Waals surface area contributed by atoms with Gasteiger partial charge in [-0.3, -0.25) is 14.9 Å². The van der Waals surface area contributed by atoms with Gasteiger partial charge in [-0.05, 0) is 22.9 Å². The highest BCUT2D eigenvalue weighted by molar-refractivity contribution is 6.01. The number of amides is 2. The summed E-state index contributed by atoms with van der Waals surface area (Å²) in [5, 5.41) is 13.2. The van der Waals surface area contributed by atoms with Crippen LogP contribution in [-0.4, -0.2) is 33.5 Å². The van der Waals surface area contributed by atoms with E-state index in [0.717, 1.165) is 10.8 Å². The molecule has 22 heavy (non-hydrogen) atoms. The first kappa shape index (κ1) is 13.7. The Hall–Kier alpha value is -3.22. The number of hydrogen-bond donors (Lipinski definition) is 3. The number of H-pyrrole nitrogens is 1. The molecule has 0 radical (unpaired) electrons. The van der Waals surface area contributed by atoms with Gasteiger partial charge in [0.05, 0.1) is 6.54 Å². The van der Waals surface area contributed by atoms with E-state index in [2.05, 4.69) is 25.8 Å². The highest BCUT2D eigenvalue weighted by Crippen LogP contribution is 2.15. The lowest BCUT2D eigenvalue weighted by Gasteiger charge is -2.06. The molecule has 7 nitrogen and oxygen atoms in total. The zero-order chi connectivity index (χ0) is 15.4. The molecule has 3 N–H and O–H groups in total. The van der Waals surface area contributed by atoms with Crippen LogP contribution in [0.15, 0.2) is 48.8 Å². The molecule has 2 amide bonds. The zero-order valence-electron chi connectivity index (χ0n) is 11.5. The van der Waals surface area contributed by atoms with Crippen molar-refractivity contribution < 1.29 is 9.59 Å². The third-order valence-corrected chi connectivity index (χ3v) is 3.09. The molecule has 0 bridgehead atoms. The number of anilines is 1. The second-order valence-corrected chi connectivity index (χ2v) is 4.63. The Labute approximate surface area is 125 Å². The molecule has 0 spiro atoms. The van der Waals surface area contributed by atoms with Crippen LogP contribution in [0, 0.1) is 0 Å². The number of carbonyl (C=O) groups excluding carboxylic acids is 2. The third kappa shape index (κ3) is 3.09. The van der Waals surface area contributed by atoms with Crippen molar-refractivity contribution in [1.29, 1.82) is 0 Å². The van der Waals surface area contributed by atoms with Gasteiger partial charge >= 0.3 is 0 Å². The minimum absolute atomic E-state index is 0.146. The first-order chi connectivity index (χ1) is 10.7. The van der Waals surface area contributed by atoms with Crippen LogP contribution >= 0.6 is 0 Å². The molecule has 0 fully saturated rings. The second kappa shape index (κ2) is 6.04. The van der Waals surface area contributed by atoms with Gasteiger partial charge in [-0.2, -0.15) is 10.1 Å². The van der Waals surface area contributed by atoms with Crippen molar-refractivity contribution in [2.45, 2.75) is 0 Å². The van der Waals surface area contributed by atoms with Crippen LogP contribution in [0.5, 0.6) is 0 Å². The van der Waals surface area contributed by atoms with Crippen molar-refractivity contribution in [3.8, 4) is 0 Å². The summed E-state index contributed by atoms with van der Waals surface area (Å²) in [6, 6.07) is 13.2. The molecule has 0 saturated heterocycles. The van der Waals surface area contributed by atoms with E-state index in [1.165, 1.54) is 6.33 Å². The minimum atomic E-state index is -0.383. The average molecular weight is 295 g/mol. The lowest BCUT2D eigenvalue weighted by atomic mass is 10.1. The standard InChI is InChI=1S/C15H13N5O2/c21-13(19-15-17-9-18-20-15)8-16-14(22)12-6-5-10-3-1-2-4-11(10)7-12/h1-7,9H,8H2,(H,16,22)(H2,17,18,19,20,21). The SMILES string of the molecule is O=C(CNC(=O)c1ccc2ccccc2c1)Nc1ncn[nH]1. The monoisotopic (exact) mass is 295 g/mol. The molecule has 7 heteroatoms. The third-order valence-electron chi connectivity index (χ3n) is 3.09. The van der Waals surface area contributed by atoms with Crippen molar-refractivity contribution in [3.05, 3.63) is 54.4 Å². The number of aromatic nitrogens is 3. The largest absolute Gasteiger partial charge is 0.343 e. The fraction of sp³-hybridized carbons (Fsp3) is 0.0667. The number of nitrogens with one attached hydrogen (secondary N) is 3. The van der Waals surface area contributed by atoms with Gasteiger partial charge < -0.3 is 5.32 Å². The molecular weight excluding hydrogens is 282 g/mol. The van der Waals surface area contributed by atoms with Gasteiger partial charge in [0.15, 0.2) is 0 Å². The molecular formula is C15H13N5O2. The van der Waals surface area contributed by atoms with E-state index in [1.807, 2.05) is 30.3 Å². The second-order valence-electron chi connectivity index (χ2n) is 4.63. The molecule has 1 heterocycles. The van der Waals surface area contributed by atoms with E-state index in [0.29, 0.717) is 5.56 Å². The molecule has 0 aliphatic heterocycles. The summed E-state index contributed by atoms with van der Waals surface area (Å²) in [4.78, 5) is 27.5. The number of carbonyl (C=O) groups is 2.